The third-order valence-corrected chi connectivity index (χ3v) is 4.61. The molecule has 0 bridgehead atoms. The molecule has 2 nitrogen and oxygen atoms in total. The Bertz CT molecular complexity index is 798. The standard InChI is InChI=1S/C20H17O2P/c1-2-22-20(21)18-14-23-19(16-11-7-4-8-12-16)13-17(18)15-9-5-3-6-10-15/h3-14H,2H2,1H3. The molecule has 0 aliphatic rings. The monoisotopic (exact) mass is 320 g/mol. The van der Waals surface area contributed by atoms with Gasteiger partial charge in [0.1, 0.15) is 0 Å². The summed E-state index contributed by atoms with van der Waals surface area (Å²) >= 11 is 0. The van der Waals surface area contributed by atoms with Crippen molar-refractivity contribution in [2.24, 2.45) is 0 Å². The van der Waals surface area contributed by atoms with Crippen molar-refractivity contribution in [3.05, 3.63) is 78.1 Å². The molecule has 1 aromatic heterocycles. The number of carbonyl (C=O) groups excluding carboxylic acids is 1. The van der Waals surface area contributed by atoms with E-state index in [0.717, 1.165) is 19.3 Å². The summed E-state index contributed by atoms with van der Waals surface area (Å²) in [6.45, 7) is 2.21. The van der Waals surface area contributed by atoms with Crippen LogP contribution in [0.1, 0.15) is 17.3 Å². The van der Waals surface area contributed by atoms with Crippen molar-refractivity contribution < 1.29 is 9.53 Å². The van der Waals surface area contributed by atoms with Gasteiger partial charge in [-0.1, -0.05) is 68.9 Å². The van der Waals surface area contributed by atoms with Gasteiger partial charge in [-0.3, -0.25) is 0 Å². The van der Waals surface area contributed by atoms with E-state index >= 15 is 0 Å². The van der Waals surface area contributed by atoms with Gasteiger partial charge in [0.15, 0.2) is 0 Å². The highest BCUT2D eigenvalue weighted by Gasteiger charge is 2.15. The van der Waals surface area contributed by atoms with Crippen LogP contribution >= 0.6 is 8.19 Å². The zero-order chi connectivity index (χ0) is 16.1. The van der Waals surface area contributed by atoms with Crippen LogP contribution in [0.25, 0.3) is 22.0 Å². The average molecular weight is 320 g/mol. The number of esters is 1. The predicted molar refractivity (Wildman–Crippen MR) is 95.8 cm³/mol. The largest absolute Gasteiger partial charge is 0.462 e. The van der Waals surface area contributed by atoms with E-state index in [1.807, 2.05) is 61.3 Å². The summed E-state index contributed by atoms with van der Waals surface area (Å²) < 4.78 is 5.21. The molecular formula is C20H17O2P. The molecule has 0 amide bonds. The summed E-state index contributed by atoms with van der Waals surface area (Å²) in [5.74, 6) is 1.69. The van der Waals surface area contributed by atoms with Crippen LogP contribution in [-0.2, 0) is 4.74 Å². The summed E-state index contributed by atoms with van der Waals surface area (Å²) in [6, 6.07) is 22.3. The van der Waals surface area contributed by atoms with Gasteiger partial charge in [-0.2, -0.15) is 0 Å². The molecule has 3 heteroatoms. The maximum Gasteiger partial charge on any atom is 0.339 e. The fourth-order valence-corrected chi connectivity index (χ4v) is 3.46. The first-order chi connectivity index (χ1) is 11.3. The molecule has 0 saturated carbocycles. The maximum atomic E-state index is 12.3. The third-order valence-electron chi connectivity index (χ3n) is 3.55. The quantitative estimate of drug-likeness (QED) is 0.570. The zero-order valence-corrected chi connectivity index (χ0v) is 13.8. The van der Waals surface area contributed by atoms with Crippen LogP contribution in [0.5, 0.6) is 0 Å². The van der Waals surface area contributed by atoms with Gasteiger partial charge in [-0.25, -0.2) is 4.79 Å². The Morgan fingerprint density at radius 1 is 0.957 bits per heavy atom. The summed E-state index contributed by atoms with van der Waals surface area (Å²) in [5.41, 5.74) is 3.75. The lowest BCUT2D eigenvalue weighted by molar-refractivity contribution is 0.0527. The van der Waals surface area contributed by atoms with Crippen LogP contribution in [0, 0.1) is 0 Å². The topological polar surface area (TPSA) is 26.3 Å². The summed E-state index contributed by atoms with van der Waals surface area (Å²) in [5, 5.41) is 1.18. The molecule has 23 heavy (non-hydrogen) atoms. The second-order valence-electron chi connectivity index (χ2n) is 5.07. The van der Waals surface area contributed by atoms with E-state index in [4.69, 9.17) is 4.74 Å². The van der Waals surface area contributed by atoms with Gasteiger partial charge in [0.05, 0.1) is 12.2 Å². The fraction of sp³-hybridized carbons (Fsp3) is 0.100. The Morgan fingerprint density at radius 2 is 1.57 bits per heavy atom. The number of benzene rings is 2. The van der Waals surface area contributed by atoms with E-state index < -0.39 is 0 Å². The first-order valence-corrected chi connectivity index (χ1v) is 8.54. The van der Waals surface area contributed by atoms with Crippen molar-refractivity contribution in [3.8, 4) is 22.0 Å². The molecule has 114 valence electrons. The van der Waals surface area contributed by atoms with Crippen LogP contribution in [0.2, 0.25) is 0 Å². The summed E-state index contributed by atoms with van der Waals surface area (Å²) in [7, 11) is 1.01. The van der Waals surface area contributed by atoms with Gasteiger partial charge in [0.2, 0.25) is 0 Å². The molecule has 0 unspecified atom stereocenters. The Kier molecular flexibility index (Phi) is 4.85. The highest BCUT2D eigenvalue weighted by atomic mass is 31.0. The van der Waals surface area contributed by atoms with Crippen LogP contribution in [0.15, 0.2) is 72.5 Å². The highest BCUT2D eigenvalue weighted by molar-refractivity contribution is 7.33. The van der Waals surface area contributed by atoms with Gasteiger partial charge in [0.25, 0.3) is 0 Å². The molecule has 3 aromatic rings. The number of hydrogen-bond acceptors (Lipinski definition) is 2. The second-order valence-corrected chi connectivity index (χ2v) is 6.07. The molecule has 0 atom stereocenters. The molecule has 0 N–H and O–H groups in total. The lowest BCUT2D eigenvalue weighted by Crippen LogP contribution is -2.06. The zero-order valence-electron chi connectivity index (χ0n) is 12.9. The minimum absolute atomic E-state index is 0.262. The molecule has 0 saturated heterocycles. The van der Waals surface area contributed by atoms with E-state index in [1.165, 1.54) is 10.9 Å². The van der Waals surface area contributed by atoms with Crippen molar-refractivity contribution in [2.75, 3.05) is 6.61 Å². The lowest BCUT2D eigenvalue weighted by atomic mass is 10.0. The molecule has 0 fully saturated rings. The van der Waals surface area contributed by atoms with Crippen molar-refractivity contribution in [1.29, 1.82) is 0 Å². The Hall–Kier alpha value is -2.44. The van der Waals surface area contributed by atoms with Crippen molar-refractivity contribution >= 4 is 14.2 Å². The fourth-order valence-electron chi connectivity index (χ4n) is 2.45. The van der Waals surface area contributed by atoms with Crippen molar-refractivity contribution in [2.45, 2.75) is 6.92 Å². The Morgan fingerprint density at radius 3 is 2.17 bits per heavy atom. The normalized spacial score (nSPS) is 10.7. The second kappa shape index (κ2) is 7.21. The Balaban J connectivity index is 2.13. The van der Waals surface area contributed by atoms with E-state index in [-0.39, 0.29) is 5.97 Å². The molecular weight excluding hydrogens is 303 g/mol. The van der Waals surface area contributed by atoms with Gasteiger partial charge < -0.3 is 4.74 Å². The van der Waals surface area contributed by atoms with Gasteiger partial charge >= 0.3 is 5.97 Å². The van der Waals surface area contributed by atoms with E-state index in [0.29, 0.717) is 12.2 Å². The van der Waals surface area contributed by atoms with Crippen LogP contribution in [0.3, 0.4) is 0 Å². The number of rotatable bonds is 4. The van der Waals surface area contributed by atoms with E-state index in [1.54, 1.807) is 0 Å². The molecule has 2 aromatic carbocycles. The summed E-state index contributed by atoms with van der Waals surface area (Å²) in [6.07, 6.45) is 0. The lowest BCUT2D eigenvalue weighted by Gasteiger charge is -2.11. The first-order valence-electron chi connectivity index (χ1n) is 7.57. The number of hydrogen-bond donors (Lipinski definition) is 0. The van der Waals surface area contributed by atoms with Gasteiger partial charge in [0, 0.05) is 5.30 Å². The molecule has 0 radical (unpaired) electrons. The molecule has 0 aliphatic heterocycles. The SMILES string of the molecule is CCOC(=O)c1cpc(-c2ccccc2)cc1-c1ccccc1. The van der Waals surface area contributed by atoms with Gasteiger partial charge in [-0.05, 0) is 35.5 Å². The number of ether oxygens (including phenoxy) is 1. The minimum atomic E-state index is -0.262. The van der Waals surface area contributed by atoms with Crippen LogP contribution in [0.4, 0.5) is 0 Å². The third kappa shape index (κ3) is 3.49. The number of carbonyl (C=O) groups is 1. The first kappa shape index (κ1) is 15.5. The maximum absolute atomic E-state index is 12.3. The van der Waals surface area contributed by atoms with E-state index in [2.05, 4.69) is 18.2 Å². The molecule has 1 heterocycles. The predicted octanol–water partition coefficient (Wildman–Crippen LogP) is 5.78. The molecule has 0 spiro atoms. The summed E-state index contributed by atoms with van der Waals surface area (Å²) in [4.78, 5) is 12.3. The molecule has 3 rings (SSSR count). The smallest absolute Gasteiger partial charge is 0.339 e. The van der Waals surface area contributed by atoms with Crippen molar-refractivity contribution in [1.82, 2.24) is 0 Å². The highest BCUT2D eigenvalue weighted by Crippen LogP contribution is 2.35. The average Bonchev–Trinajstić information content (AvgIpc) is 2.63. The Labute approximate surface area is 137 Å². The van der Waals surface area contributed by atoms with Crippen molar-refractivity contribution in [3.63, 3.8) is 0 Å². The minimum Gasteiger partial charge on any atom is -0.462 e. The van der Waals surface area contributed by atoms with Crippen LogP contribution in [-0.4, -0.2) is 12.6 Å². The van der Waals surface area contributed by atoms with Crippen LogP contribution < -0.4 is 0 Å². The molecule has 0 aliphatic carbocycles. The van der Waals surface area contributed by atoms with Gasteiger partial charge in [-0.15, -0.1) is 0 Å². The van der Waals surface area contributed by atoms with E-state index in [9.17, 15) is 4.79 Å².